The van der Waals surface area contributed by atoms with Crippen LogP contribution in [-0.4, -0.2) is 38.9 Å². The van der Waals surface area contributed by atoms with E-state index in [1.54, 1.807) is 7.11 Å². The van der Waals surface area contributed by atoms with Crippen molar-refractivity contribution in [3.63, 3.8) is 0 Å². The summed E-state index contributed by atoms with van der Waals surface area (Å²) in [7, 11) is 1.67. The Balaban J connectivity index is 2.57. The topological polar surface area (TPSA) is 56.8 Å². The summed E-state index contributed by atoms with van der Waals surface area (Å²) in [5.41, 5.74) is 2.17. The third-order valence-corrected chi connectivity index (χ3v) is 2.73. The van der Waals surface area contributed by atoms with Crippen LogP contribution in [0.15, 0.2) is 18.2 Å². The van der Waals surface area contributed by atoms with E-state index in [0.717, 1.165) is 17.7 Å². The molecule has 0 aliphatic carbocycles. The van der Waals surface area contributed by atoms with E-state index in [-0.39, 0.29) is 18.7 Å². The summed E-state index contributed by atoms with van der Waals surface area (Å²) in [6.45, 7) is 7.66. The van der Waals surface area contributed by atoms with Crippen LogP contribution < -0.4 is 10.1 Å². The van der Waals surface area contributed by atoms with Gasteiger partial charge >= 0.3 is 5.97 Å². The van der Waals surface area contributed by atoms with Gasteiger partial charge in [0.25, 0.3) is 0 Å². The van der Waals surface area contributed by atoms with E-state index in [2.05, 4.69) is 5.32 Å². The van der Waals surface area contributed by atoms with Crippen molar-refractivity contribution < 1.29 is 19.0 Å². The first-order chi connectivity index (χ1) is 10.0. The average Bonchev–Trinajstić information content (AvgIpc) is 2.42. The van der Waals surface area contributed by atoms with Gasteiger partial charge in [-0.25, -0.2) is 4.79 Å². The van der Waals surface area contributed by atoms with Gasteiger partial charge < -0.3 is 19.5 Å². The average molecular weight is 295 g/mol. The van der Waals surface area contributed by atoms with Gasteiger partial charge in [0.2, 0.25) is 0 Å². The van der Waals surface area contributed by atoms with Crippen LogP contribution in [0.2, 0.25) is 0 Å². The maximum Gasteiger partial charge on any atom is 0.344 e. The zero-order chi connectivity index (χ0) is 15.7. The Morgan fingerprint density at radius 2 is 2.10 bits per heavy atom. The largest absolute Gasteiger partial charge is 0.482 e. The molecule has 0 atom stereocenters. The number of nitrogens with one attached hydrogen (secondary N) is 1. The normalized spacial score (nSPS) is 10.7. The highest BCUT2D eigenvalue weighted by Gasteiger charge is 2.09. The molecule has 0 aliphatic rings. The number of benzene rings is 1. The van der Waals surface area contributed by atoms with Crippen molar-refractivity contribution in [2.24, 2.45) is 0 Å². The molecule has 5 heteroatoms. The molecule has 0 spiro atoms. The Morgan fingerprint density at radius 3 is 2.76 bits per heavy atom. The lowest BCUT2D eigenvalue weighted by atomic mass is 10.1. The van der Waals surface area contributed by atoms with Crippen LogP contribution in [0.5, 0.6) is 5.75 Å². The summed E-state index contributed by atoms with van der Waals surface area (Å²) in [5, 5.41) is 3.27. The van der Waals surface area contributed by atoms with Crippen LogP contribution in [0, 0.1) is 6.92 Å². The third kappa shape index (κ3) is 7.11. The molecular formula is C16H25NO4. The molecule has 118 valence electrons. The Labute approximate surface area is 126 Å². The lowest BCUT2D eigenvalue weighted by Crippen LogP contribution is -2.21. The molecule has 0 amide bonds. The maximum atomic E-state index is 11.5. The fourth-order valence-electron chi connectivity index (χ4n) is 1.82. The molecule has 0 saturated carbocycles. The summed E-state index contributed by atoms with van der Waals surface area (Å²) in [6, 6.07) is 5.88. The van der Waals surface area contributed by atoms with E-state index in [1.807, 2.05) is 39.0 Å². The van der Waals surface area contributed by atoms with Crippen molar-refractivity contribution in [3.8, 4) is 5.75 Å². The van der Waals surface area contributed by atoms with Gasteiger partial charge in [-0.15, -0.1) is 0 Å². The second kappa shape index (κ2) is 9.37. The predicted octanol–water partition coefficient (Wildman–Crippen LogP) is 2.06. The second-order valence-electron chi connectivity index (χ2n) is 5.11. The lowest BCUT2D eigenvalue weighted by molar-refractivity contribution is -0.149. The Morgan fingerprint density at radius 1 is 1.33 bits per heavy atom. The summed E-state index contributed by atoms with van der Waals surface area (Å²) in [5.74, 6) is 0.343. The van der Waals surface area contributed by atoms with Crippen molar-refractivity contribution in [3.05, 3.63) is 29.3 Å². The number of ether oxygens (including phenoxy) is 3. The minimum Gasteiger partial charge on any atom is -0.482 e. The van der Waals surface area contributed by atoms with Crippen LogP contribution in [0.1, 0.15) is 25.0 Å². The predicted molar refractivity (Wildman–Crippen MR) is 81.5 cm³/mol. The molecule has 1 aromatic rings. The van der Waals surface area contributed by atoms with Crippen molar-refractivity contribution in [1.82, 2.24) is 5.32 Å². The molecule has 0 bridgehead atoms. The number of carbonyl (C=O) groups excluding carboxylic acids is 1. The van der Waals surface area contributed by atoms with Crippen molar-refractivity contribution in [2.75, 3.05) is 26.9 Å². The molecule has 0 heterocycles. The van der Waals surface area contributed by atoms with Gasteiger partial charge in [-0.05, 0) is 26.8 Å². The van der Waals surface area contributed by atoms with Gasteiger partial charge in [0.05, 0.1) is 12.7 Å². The molecular weight excluding hydrogens is 270 g/mol. The lowest BCUT2D eigenvalue weighted by Gasteiger charge is -2.13. The number of esters is 1. The zero-order valence-corrected chi connectivity index (χ0v) is 13.3. The van der Waals surface area contributed by atoms with Crippen LogP contribution in [0.25, 0.3) is 0 Å². The van der Waals surface area contributed by atoms with Gasteiger partial charge in [0.15, 0.2) is 6.61 Å². The molecule has 0 aliphatic heterocycles. The number of rotatable bonds is 9. The van der Waals surface area contributed by atoms with Crippen LogP contribution in [-0.2, 0) is 20.8 Å². The molecule has 0 saturated heterocycles. The fraction of sp³-hybridized carbons (Fsp3) is 0.562. The van der Waals surface area contributed by atoms with E-state index in [1.165, 1.54) is 0 Å². The highest BCUT2D eigenvalue weighted by Crippen LogP contribution is 2.20. The highest BCUT2D eigenvalue weighted by molar-refractivity contribution is 5.71. The van der Waals surface area contributed by atoms with E-state index < -0.39 is 0 Å². The number of hydrogen-bond acceptors (Lipinski definition) is 5. The molecule has 21 heavy (non-hydrogen) atoms. The molecule has 1 rings (SSSR count). The number of hydrogen-bond donors (Lipinski definition) is 1. The van der Waals surface area contributed by atoms with E-state index in [0.29, 0.717) is 18.9 Å². The molecule has 1 aromatic carbocycles. The first-order valence-electron chi connectivity index (χ1n) is 7.14. The summed E-state index contributed by atoms with van der Waals surface area (Å²) < 4.78 is 15.6. The first kappa shape index (κ1) is 17.5. The standard InChI is InChI=1S/C16H25NO4/c1-12(2)21-16(18)11-20-15-6-5-13(3)9-14(15)10-17-7-8-19-4/h5-6,9,12,17H,7-8,10-11H2,1-4H3. The van der Waals surface area contributed by atoms with Gasteiger partial charge in [-0.3, -0.25) is 0 Å². The summed E-state index contributed by atoms with van der Waals surface area (Å²) in [4.78, 5) is 11.5. The van der Waals surface area contributed by atoms with Gasteiger partial charge in [-0.2, -0.15) is 0 Å². The van der Waals surface area contributed by atoms with Crippen molar-refractivity contribution >= 4 is 5.97 Å². The van der Waals surface area contributed by atoms with E-state index in [9.17, 15) is 4.79 Å². The smallest absolute Gasteiger partial charge is 0.344 e. The Hall–Kier alpha value is -1.59. The molecule has 0 unspecified atom stereocenters. The minimum atomic E-state index is -0.358. The SMILES string of the molecule is COCCNCc1cc(C)ccc1OCC(=O)OC(C)C. The highest BCUT2D eigenvalue weighted by atomic mass is 16.6. The minimum absolute atomic E-state index is 0.0771. The third-order valence-electron chi connectivity index (χ3n) is 2.73. The van der Waals surface area contributed by atoms with Crippen molar-refractivity contribution in [1.29, 1.82) is 0 Å². The van der Waals surface area contributed by atoms with Gasteiger partial charge in [0.1, 0.15) is 5.75 Å². The van der Waals surface area contributed by atoms with Gasteiger partial charge in [-0.1, -0.05) is 17.7 Å². The Kier molecular flexibility index (Phi) is 7.79. The monoisotopic (exact) mass is 295 g/mol. The number of methoxy groups -OCH3 is 1. The summed E-state index contributed by atoms with van der Waals surface area (Å²) >= 11 is 0. The van der Waals surface area contributed by atoms with E-state index in [4.69, 9.17) is 14.2 Å². The number of carbonyl (C=O) groups is 1. The van der Waals surface area contributed by atoms with E-state index >= 15 is 0 Å². The molecule has 5 nitrogen and oxygen atoms in total. The Bertz CT molecular complexity index is 446. The molecule has 0 radical (unpaired) electrons. The van der Waals surface area contributed by atoms with Crippen molar-refractivity contribution in [2.45, 2.75) is 33.4 Å². The molecule has 0 fully saturated rings. The zero-order valence-electron chi connectivity index (χ0n) is 13.3. The second-order valence-corrected chi connectivity index (χ2v) is 5.11. The maximum absolute atomic E-state index is 11.5. The quantitative estimate of drug-likeness (QED) is 0.558. The first-order valence-corrected chi connectivity index (χ1v) is 7.14. The fourth-order valence-corrected chi connectivity index (χ4v) is 1.82. The molecule has 1 N–H and O–H groups in total. The van der Waals surface area contributed by atoms with Gasteiger partial charge in [0, 0.05) is 25.8 Å². The van der Waals surface area contributed by atoms with Crippen LogP contribution >= 0.6 is 0 Å². The van der Waals surface area contributed by atoms with Crippen LogP contribution in [0.4, 0.5) is 0 Å². The van der Waals surface area contributed by atoms with Crippen LogP contribution in [0.3, 0.4) is 0 Å². The summed E-state index contributed by atoms with van der Waals surface area (Å²) in [6.07, 6.45) is -0.130. The molecule has 0 aromatic heterocycles. The number of aryl methyl sites for hydroxylation is 1.